The number of carboxylic acid groups (broad SMARTS) is 1. The van der Waals surface area contributed by atoms with Crippen molar-refractivity contribution in [3.63, 3.8) is 0 Å². The molecule has 1 heterocycles. The molecule has 5 heteroatoms. The van der Waals surface area contributed by atoms with E-state index in [4.69, 9.17) is 4.74 Å². The van der Waals surface area contributed by atoms with E-state index in [1.54, 1.807) is 14.0 Å². The molecule has 18 heavy (non-hydrogen) atoms. The molecule has 1 saturated heterocycles. The average Bonchev–Trinajstić information content (AvgIpc) is 2.73. The van der Waals surface area contributed by atoms with Gasteiger partial charge in [-0.15, -0.1) is 0 Å². The van der Waals surface area contributed by atoms with Crippen LogP contribution >= 0.6 is 0 Å². The van der Waals surface area contributed by atoms with Gasteiger partial charge in [-0.3, -0.25) is 10.1 Å². The van der Waals surface area contributed by atoms with Crippen molar-refractivity contribution in [2.24, 2.45) is 0 Å². The first-order chi connectivity index (χ1) is 8.37. The fraction of sp³-hybridized carbons (Fsp3) is 0.923. The normalized spacial score (nSPS) is 24.4. The van der Waals surface area contributed by atoms with Crippen molar-refractivity contribution in [1.29, 1.82) is 0 Å². The molecule has 0 aromatic rings. The lowest BCUT2D eigenvalue weighted by Crippen LogP contribution is -2.53. The summed E-state index contributed by atoms with van der Waals surface area (Å²) in [7, 11) is 1.73. The van der Waals surface area contributed by atoms with Gasteiger partial charge in [-0.2, -0.15) is 0 Å². The number of likely N-dealkylation sites (tertiary alicyclic amines) is 1. The van der Waals surface area contributed by atoms with Crippen molar-refractivity contribution >= 4 is 5.97 Å². The lowest BCUT2D eigenvalue weighted by atomic mass is 9.96. The summed E-state index contributed by atoms with van der Waals surface area (Å²) in [5.41, 5.74) is -0.848. The van der Waals surface area contributed by atoms with Gasteiger partial charge in [-0.05, 0) is 33.6 Å². The Bertz CT molecular complexity index is 283. The third-order valence-corrected chi connectivity index (χ3v) is 3.57. The Morgan fingerprint density at radius 1 is 1.61 bits per heavy atom. The predicted octanol–water partition coefficient (Wildman–Crippen LogP) is 0.939. The molecule has 0 radical (unpaired) electrons. The smallest absolute Gasteiger partial charge is 0.323 e. The molecule has 0 spiro atoms. The monoisotopic (exact) mass is 258 g/mol. The molecule has 1 fully saturated rings. The van der Waals surface area contributed by atoms with Gasteiger partial charge in [0.15, 0.2) is 0 Å². The van der Waals surface area contributed by atoms with Gasteiger partial charge in [-0.1, -0.05) is 0 Å². The minimum Gasteiger partial charge on any atom is -0.480 e. The maximum Gasteiger partial charge on any atom is 0.323 e. The lowest BCUT2D eigenvalue weighted by Gasteiger charge is -2.30. The first-order valence-corrected chi connectivity index (χ1v) is 6.63. The minimum atomic E-state index is -0.848. The van der Waals surface area contributed by atoms with Gasteiger partial charge >= 0.3 is 5.97 Å². The van der Waals surface area contributed by atoms with Crippen LogP contribution in [0.1, 0.15) is 33.6 Å². The van der Waals surface area contributed by atoms with Crippen LogP contribution < -0.4 is 5.32 Å². The number of hydrogen-bond acceptors (Lipinski definition) is 4. The van der Waals surface area contributed by atoms with Gasteiger partial charge in [0.1, 0.15) is 5.54 Å². The molecule has 2 unspecified atom stereocenters. The molecule has 106 valence electrons. The summed E-state index contributed by atoms with van der Waals surface area (Å²) < 4.78 is 5.31. The second kappa shape index (κ2) is 6.50. The molecule has 0 bridgehead atoms. The highest BCUT2D eigenvalue weighted by atomic mass is 16.5. The highest BCUT2D eigenvalue weighted by molar-refractivity contribution is 5.78. The number of nitrogens with one attached hydrogen (secondary N) is 1. The van der Waals surface area contributed by atoms with Gasteiger partial charge in [0, 0.05) is 32.8 Å². The molecule has 1 rings (SSSR count). The zero-order chi connectivity index (χ0) is 13.8. The summed E-state index contributed by atoms with van der Waals surface area (Å²) in [5, 5.41) is 12.5. The molecule has 5 nitrogen and oxygen atoms in total. The van der Waals surface area contributed by atoms with Crippen molar-refractivity contribution in [3.8, 4) is 0 Å². The number of carboxylic acids is 1. The molecule has 0 aromatic carbocycles. The number of hydrogen-bond donors (Lipinski definition) is 2. The molecule has 0 aromatic heterocycles. The topological polar surface area (TPSA) is 61.8 Å². The van der Waals surface area contributed by atoms with E-state index in [1.807, 2.05) is 13.8 Å². The molecular weight excluding hydrogens is 232 g/mol. The van der Waals surface area contributed by atoms with Crippen LogP contribution in [0.5, 0.6) is 0 Å². The summed E-state index contributed by atoms with van der Waals surface area (Å²) >= 11 is 0. The van der Waals surface area contributed by atoms with Crippen LogP contribution in [0.4, 0.5) is 0 Å². The lowest BCUT2D eigenvalue weighted by molar-refractivity contribution is -0.144. The Hall–Kier alpha value is -0.650. The van der Waals surface area contributed by atoms with Crippen molar-refractivity contribution < 1.29 is 14.6 Å². The second-order valence-electron chi connectivity index (χ2n) is 5.63. The Balaban J connectivity index is 2.45. The third kappa shape index (κ3) is 4.23. The standard InChI is InChI=1S/C13H26N2O3/c1-10(2)14-13(3,12(16)17)6-8-15-7-5-11(9-15)18-4/h10-11,14H,5-9H2,1-4H3,(H,16,17). The van der Waals surface area contributed by atoms with Crippen molar-refractivity contribution in [1.82, 2.24) is 10.2 Å². The molecular formula is C13H26N2O3. The van der Waals surface area contributed by atoms with E-state index in [-0.39, 0.29) is 6.04 Å². The molecule has 1 aliphatic heterocycles. The Kier molecular flexibility index (Phi) is 5.56. The fourth-order valence-corrected chi connectivity index (χ4v) is 2.45. The summed E-state index contributed by atoms with van der Waals surface area (Å²) in [5.74, 6) is -0.779. The maximum absolute atomic E-state index is 11.4. The van der Waals surface area contributed by atoms with Crippen LogP contribution in [0.25, 0.3) is 0 Å². The van der Waals surface area contributed by atoms with Crippen LogP contribution in [0.2, 0.25) is 0 Å². The first-order valence-electron chi connectivity index (χ1n) is 6.63. The zero-order valence-electron chi connectivity index (χ0n) is 11.9. The molecule has 0 aliphatic carbocycles. The number of aliphatic carboxylic acids is 1. The zero-order valence-corrected chi connectivity index (χ0v) is 11.9. The first kappa shape index (κ1) is 15.4. The summed E-state index contributed by atoms with van der Waals surface area (Å²) in [4.78, 5) is 13.7. The van der Waals surface area contributed by atoms with E-state index in [1.165, 1.54) is 0 Å². The number of rotatable bonds is 7. The van der Waals surface area contributed by atoms with E-state index in [2.05, 4.69) is 10.2 Å². The Morgan fingerprint density at radius 2 is 2.28 bits per heavy atom. The van der Waals surface area contributed by atoms with Crippen LogP contribution in [-0.2, 0) is 9.53 Å². The fourth-order valence-electron chi connectivity index (χ4n) is 2.45. The van der Waals surface area contributed by atoms with E-state index < -0.39 is 11.5 Å². The predicted molar refractivity (Wildman–Crippen MR) is 70.8 cm³/mol. The van der Waals surface area contributed by atoms with Gasteiger partial charge in [0.2, 0.25) is 0 Å². The van der Waals surface area contributed by atoms with E-state index in [9.17, 15) is 9.90 Å². The maximum atomic E-state index is 11.4. The number of ether oxygens (including phenoxy) is 1. The number of nitrogens with zero attached hydrogens (tertiary/aromatic N) is 1. The van der Waals surface area contributed by atoms with E-state index in [0.29, 0.717) is 12.5 Å². The summed E-state index contributed by atoms with van der Waals surface area (Å²) in [6.45, 7) is 8.40. The van der Waals surface area contributed by atoms with Crippen LogP contribution in [0, 0.1) is 0 Å². The third-order valence-electron chi connectivity index (χ3n) is 3.57. The van der Waals surface area contributed by atoms with E-state index >= 15 is 0 Å². The SMILES string of the molecule is COC1CCN(CCC(C)(NC(C)C)C(=O)O)C1. The van der Waals surface area contributed by atoms with Gasteiger partial charge in [-0.25, -0.2) is 0 Å². The van der Waals surface area contributed by atoms with Crippen LogP contribution in [0.3, 0.4) is 0 Å². The van der Waals surface area contributed by atoms with Gasteiger partial charge < -0.3 is 14.7 Å². The average molecular weight is 258 g/mol. The summed E-state index contributed by atoms with van der Waals surface area (Å²) in [6, 6.07) is 0.163. The highest BCUT2D eigenvalue weighted by Crippen LogP contribution is 2.17. The van der Waals surface area contributed by atoms with Crippen LogP contribution in [0.15, 0.2) is 0 Å². The van der Waals surface area contributed by atoms with Crippen molar-refractivity contribution in [2.75, 3.05) is 26.7 Å². The van der Waals surface area contributed by atoms with Crippen LogP contribution in [-0.4, -0.2) is 60.4 Å². The highest BCUT2D eigenvalue weighted by Gasteiger charge is 2.34. The molecule has 1 aliphatic rings. The number of methoxy groups -OCH3 is 1. The molecule has 2 N–H and O–H groups in total. The quantitative estimate of drug-likeness (QED) is 0.711. The largest absolute Gasteiger partial charge is 0.480 e. The molecule has 0 saturated carbocycles. The second-order valence-corrected chi connectivity index (χ2v) is 5.63. The summed E-state index contributed by atoms with van der Waals surface area (Å²) in [6.07, 6.45) is 1.95. The molecule has 0 amide bonds. The molecule has 2 atom stereocenters. The van der Waals surface area contributed by atoms with E-state index in [0.717, 1.165) is 26.1 Å². The minimum absolute atomic E-state index is 0.163. The van der Waals surface area contributed by atoms with Gasteiger partial charge in [0.05, 0.1) is 6.10 Å². The van der Waals surface area contributed by atoms with Gasteiger partial charge in [0.25, 0.3) is 0 Å². The van der Waals surface area contributed by atoms with Crippen molar-refractivity contribution in [3.05, 3.63) is 0 Å². The van der Waals surface area contributed by atoms with Crippen molar-refractivity contribution in [2.45, 2.75) is 51.3 Å². The number of carbonyl (C=O) groups is 1. The Morgan fingerprint density at radius 3 is 2.72 bits per heavy atom. The Labute approximate surface area is 109 Å².